The molecule has 30 heavy (non-hydrogen) atoms. The van der Waals surface area contributed by atoms with E-state index in [-0.39, 0.29) is 5.95 Å². The molecule has 0 aliphatic rings. The van der Waals surface area contributed by atoms with Crippen molar-refractivity contribution in [1.82, 2.24) is 19.9 Å². The summed E-state index contributed by atoms with van der Waals surface area (Å²) in [6.45, 7) is 4.19. The van der Waals surface area contributed by atoms with Crippen molar-refractivity contribution in [3.63, 3.8) is 0 Å². The second-order valence-electron chi connectivity index (χ2n) is 7.76. The SMILES string of the molecule is Cc1cc2cc(Nc3nc(N)ncc3CCc3c(C)[nH]c4ccccc34)ccc2[nH]1. The lowest BCUT2D eigenvalue weighted by atomic mass is 10.0. The molecule has 5 rings (SSSR count). The molecular weight excluding hydrogens is 372 g/mol. The molecule has 3 heterocycles. The Morgan fingerprint density at radius 1 is 0.967 bits per heavy atom. The van der Waals surface area contributed by atoms with Crippen LogP contribution in [0.5, 0.6) is 0 Å². The molecule has 3 aromatic heterocycles. The van der Waals surface area contributed by atoms with Crippen LogP contribution in [-0.4, -0.2) is 19.9 Å². The maximum Gasteiger partial charge on any atom is 0.221 e. The van der Waals surface area contributed by atoms with Gasteiger partial charge in [0.15, 0.2) is 0 Å². The number of hydrogen-bond acceptors (Lipinski definition) is 4. The van der Waals surface area contributed by atoms with Crippen molar-refractivity contribution >= 4 is 39.3 Å². The topological polar surface area (TPSA) is 95.4 Å². The van der Waals surface area contributed by atoms with E-state index in [0.717, 1.165) is 46.5 Å². The highest BCUT2D eigenvalue weighted by atomic mass is 15.1. The Morgan fingerprint density at radius 2 is 1.83 bits per heavy atom. The Morgan fingerprint density at radius 3 is 2.73 bits per heavy atom. The molecule has 0 radical (unpaired) electrons. The number of nitrogen functional groups attached to an aromatic ring is 1. The first-order valence-corrected chi connectivity index (χ1v) is 10.1. The monoisotopic (exact) mass is 396 g/mol. The minimum atomic E-state index is 0.267. The number of anilines is 3. The van der Waals surface area contributed by atoms with Gasteiger partial charge >= 0.3 is 0 Å². The Bertz CT molecular complexity index is 1360. The second kappa shape index (κ2) is 7.22. The third-order valence-corrected chi connectivity index (χ3v) is 5.57. The number of nitrogens with one attached hydrogen (secondary N) is 3. The van der Waals surface area contributed by atoms with E-state index < -0.39 is 0 Å². The van der Waals surface area contributed by atoms with E-state index in [1.165, 1.54) is 22.2 Å². The Balaban J connectivity index is 1.43. The Kier molecular flexibility index (Phi) is 4.39. The van der Waals surface area contributed by atoms with Crippen molar-refractivity contribution in [2.45, 2.75) is 26.7 Å². The van der Waals surface area contributed by atoms with Gasteiger partial charge in [0.25, 0.3) is 0 Å². The lowest BCUT2D eigenvalue weighted by molar-refractivity contribution is 0.935. The highest BCUT2D eigenvalue weighted by molar-refractivity contribution is 5.85. The van der Waals surface area contributed by atoms with E-state index in [1.807, 2.05) is 12.3 Å². The maximum absolute atomic E-state index is 5.89. The summed E-state index contributed by atoms with van der Waals surface area (Å²) in [5.74, 6) is 1.02. The molecule has 0 aliphatic carbocycles. The number of aryl methyl sites for hydroxylation is 4. The molecule has 0 saturated heterocycles. The predicted octanol–water partition coefficient (Wildman–Crippen LogP) is 5.17. The average Bonchev–Trinajstić information content (AvgIpc) is 3.25. The molecule has 0 unspecified atom stereocenters. The zero-order chi connectivity index (χ0) is 20.7. The first-order valence-electron chi connectivity index (χ1n) is 10.1. The molecule has 0 amide bonds. The van der Waals surface area contributed by atoms with E-state index in [2.05, 4.69) is 81.6 Å². The van der Waals surface area contributed by atoms with Gasteiger partial charge in [0.1, 0.15) is 5.82 Å². The Hall–Kier alpha value is -3.80. The van der Waals surface area contributed by atoms with Crippen LogP contribution < -0.4 is 11.1 Å². The van der Waals surface area contributed by atoms with Crippen LogP contribution in [0.15, 0.2) is 54.7 Å². The minimum Gasteiger partial charge on any atom is -0.368 e. The molecule has 6 heteroatoms. The highest BCUT2D eigenvalue weighted by Crippen LogP contribution is 2.27. The summed E-state index contributed by atoms with van der Waals surface area (Å²) in [6.07, 6.45) is 3.54. The zero-order valence-corrected chi connectivity index (χ0v) is 17.1. The van der Waals surface area contributed by atoms with Gasteiger partial charge in [0, 0.05) is 50.6 Å². The molecule has 0 atom stereocenters. The summed E-state index contributed by atoms with van der Waals surface area (Å²) in [5.41, 5.74) is 13.9. The van der Waals surface area contributed by atoms with Gasteiger partial charge in [0.05, 0.1) is 0 Å². The highest BCUT2D eigenvalue weighted by Gasteiger charge is 2.12. The average molecular weight is 396 g/mol. The summed E-state index contributed by atoms with van der Waals surface area (Å²) in [5, 5.41) is 5.88. The van der Waals surface area contributed by atoms with Gasteiger partial charge in [-0.05, 0) is 62.6 Å². The number of aromatic nitrogens is 4. The van der Waals surface area contributed by atoms with E-state index in [0.29, 0.717) is 0 Å². The molecule has 0 bridgehead atoms. The van der Waals surface area contributed by atoms with Gasteiger partial charge in [-0.1, -0.05) is 18.2 Å². The van der Waals surface area contributed by atoms with Crippen LogP contribution in [0.3, 0.4) is 0 Å². The van der Waals surface area contributed by atoms with Crippen LogP contribution in [0.2, 0.25) is 0 Å². The molecule has 5 aromatic rings. The summed E-state index contributed by atoms with van der Waals surface area (Å²) >= 11 is 0. The van der Waals surface area contributed by atoms with Gasteiger partial charge in [0.2, 0.25) is 5.95 Å². The van der Waals surface area contributed by atoms with E-state index in [1.54, 1.807) is 0 Å². The number of rotatable bonds is 5. The quantitative estimate of drug-likeness (QED) is 0.330. The van der Waals surface area contributed by atoms with Crippen molar-refractivity contribution in [2.75, 3.05) is 11.1 Å². The maximum atomic E-state index is 5.89. The second-order valence-corrected chi connectivity index (χ2v) is 7.76. The van der Waals surface area contributed by atoms with Crippen LogP contribution in [0.1, 0.15) is 22.5 Å². The molecular formula is C24H24N6. The number of H-pyrrole nitrogens is 2. The minimum absolute atomic E-state index is 0.267. The summed E-state index contributed by atoms with van der Waals surface area (Å²) in [7, 11) is 0. The standard InChI is InChI=1S/C24H24N6/c1-14-11-17-12-18(8-10-21(17)27-14)29-23-16(13-26-24(25)30-23)7-9-19-15(2)28-22-6-4-3-5-20(19)22/h3-6,8,10-13,27-28H,7,9H2,1-2H3,(H3,25,26,29,30). The first-order chi connectivity index (χ1) is 14.6. The number of benzene rings is 2. The lowest BCUT2D eigenvalue weighted by Gasteiger charge is -2.12. The zero-order valence-electron chi connectivity index (χ0n) is 17.1. The van der Waals surface area contributed by atoms with Crippen molar-refractivity contribution in [2.24, 2.45) is 0 Å². The number of para-hydroxylation sites is 1. The van der Waals surface area contributed by atoms with Gasteiger partial charge in [-0.15, -0.1) is 0 Å². The molecule has 0 aliphatic heterocycles. The van der Waals surface area contributed by atoms with Crippen LogP contribution in [-0.2, 0) is 12.8 Å². The van der Waals surface area contributed by atoms with Gasteiger partial charge in [-0.2, -0.15) is 4.98 Å². The number of nitrogens with two attached hydrogens (primary N) is 1. The number of aromatic amines is 2. The first kappa shape index (κ1) is 18.2. The van der Waals surface area contributed by atoms with Crippen molar-refractivity contribution in [1.29, 1.82) is 0 Å². The fraction of sp³-hybridized carbons (Fsp3) is 0.167. The van der Waals surface area contributed by atoms with E-state index >= 15 is 0 Å². The van der Waals surface area contributed by atoms with Gasteiger partial charge in [-0.3, -0.25) is 0 Å². The van der Waals surface area contributed by atoms with E-state index in [9.17, 15) is 0 Å². The van der Waals surface area contributed by atoms with Crippen LogP contribution in [0.25, 0.3) is 21.8 Å². The molecule has 0 spiro atoms. The molecule has 150 valence electrons. The molecule has 5 N–H and O–H groups in total. The summed E-state index contributed by atoms with van der Waals surface area (Å²) in [4.78, 5) is 15.5. The smallest absolute Gasteiger partial charge is 0.221 e. The lowest BCUT2D eigenvalue weighted by Crippen LogP contribution is -2.05. The van der Waals surface area contributed by atoms with E-state index in [4.69, 9.17) is 5.73 Å². The normalized spacial score (nSPS) is 11.4. The Labute approximate surface area is 174 Å². The summed E-state index contributed by atoms with van der Waals surface area (Å²) in [6, 6.07) is 16.8. The van der Waals surface area contributed by atoms with Gasteiger partial charge in [-0.25, -0.2) is 4.98 Å². The number of nitrogens with zero attached hydrogens (tertiary/aromatic N) is 2. The molecule has 6 nitrogen and oxygen atoms in total. The fourth-order valence-corrected chi connectivity index (χ4v) is 4.12. The van der Waals surface area contributed by atoms with Crippen molar-refractivity contribution < 1.29 is 0 Å². The molecule has 2 aromatic carbocycles. The number of fused-ring (bicyclic) bond motifs is 2. The third kappa shape index (κ3) is 3.37. The number of hydrogen-bond donors (Lipinski definition) is 4. The third-order valence-electron chi connectivity index (χ3n) is 5.57. The summed E-state index contributed by atoms with van der Waals surface area (Å²) < 4.78 is 0. The van der Waals surface area contributed by atoms with Crippen molar-refractivity contribution in [3.8, 4) is 0 Å². The largest absolute Gasteiger partial charge is 0.368 e. The van der Waals surface area contributed by atoms with Crippen LogP contribution >= 0.6 is 0 Å². The molecule has 0 fully saturated rings. The van der Waals surface area contributed by atoms with Gasteiger partial charge < -0.3 is 21.0 Å². The van der Waals surface area contributed by atoms with Crippen LogP contribution in [0, 0.1) is 13.8 Å². The van der Waals surface area contributed by atoms with Crippen LogP contribution in [0.4, 0.5) is 17.5 Å². The predicted molar refractivity (Wildman–Crippen MR) is 123 cm³/mol. The van der Waals surface area contributed by atoms with Crippen molar-refractivity contribution in [3.05, 3.63) is 77.2 Å². The fourth-order valence-electron chi connectivity index (χ4n) is 4.12. The molecule has 0 saturated carbocycles.